The molecular formula is C15H23N3O5. The third kappa shape index (κ3) is 5.80. The van der Waals surface area contributed by atoms with Crippen molar-refractivity contribution >= 4 is 29.9 Å². The molecule has 1 unspecified atom stereocenters. The van der Waals surface area contributed by atoms with E-state index in [9.17, 15) is 24.0 Å². The molecule has 0 aliphatic carbocycles. The number of aldehydes is 1. The first kappa shape index (κ1) is 18.8. The van der Waals surface area contributed by atoms with Crippen LogP contribution in [0.2, 0.25) is 0 Å². The molecular weight excluding hydrogens is 302 g/mol. The largest absolute Gasteiger partial charge is 0.348 e. The summed E-state index contributed by atoms with van der Waals surface area (Å²) in [5, 5.41) is 4.71. The van der Waals surface area contributed by atoms with Gasteiger partial charge in [0.2, 0.25) is 23.6 Å². The molecule has 0 spiro atoms. The third-order valence-electron chi connectivity index (χ3n) is 3.70. The summed E-state index contributed by atoms with van der Waals surface area (Å²) in [6.45, 7) is 3.73. The zero-order chi connectivity index (χ0) is 17.4. The normalized spacial score (nSPS) is 17.5. The Morgan fingerprint density at radius 2 is 1.96 bits per heavy atom. The second-order valence-electron chi connectivity index (χ2n) is 5.79. The fraction of sp³-hybridized carbons (Fsp3) is 0.667. The second-order valence-corrected chi connectivity index (χ2v) is 5.79. The van der Waals surface area contributed by atoms with Crippen LogP contribution < -0.4 is 10.6 Å². The van der Waals surface area contributed by atoms with E-state index in [1.165, 1.54) is 4.90 Å². The van der Waals surface area contributed by atoms with Crippen LogP contribution in [0.4, 0.5) is 0 Å². The molecule has 1 saturated heterocycles. The van der Waals surface area contributed by atoms with E-state index in [2.05, 4.69) is 10.6 Å². The molecule has 0 bridgehead atoms. The summed E-state index contributed by atoms with van der Waals surface area (Å²) in [5.41, 5.74) is 0. The number of nitrogens with zero attached hydrogens (tertiary/aromatic N) is 1. The van der Waals surface area contributed by atoms with Crippen LogP contribution in [0, 0.1) is 11.8 Å². The van der Waals surface area contributed by atoms with Crippen molar-refractivity contribution in [2.24, 2.45) is 11.8 Å². The molecule has 23 heavy (non-hydrogen) atoms. The Balaban J connectivity index is 2.27. The van der Waals surface area contributed by atoms with Gasteiger partial charge in [0.15, 0.2) is 0 Å². The van der Waals surface area contributed by atoms with Gasteiger partial charge in [-0.2, -0.15) is 0 Å². The maximum absolute atomic E-state index is 12.1. The lowest BCUT2D eigenvalue weighted by atomic mass is 9.94. The summed E-state index contributed by atoms with van der Waals surface area (Å²) in [6, 6.07) is 0. The summed E-state index contributed by atoms with van der Waals surface area (Å²) < 4.78 is 0. The molecule has 1 fully saturated rings. The smallest absolute Gasteiger partial charge is 0.239 e. The number of carbonyl (C=O) groups is 5. The van der Waals surface area contributed by atoms with Crippen molar-refractivity contribution < 1.29 is 24.0 Å². The van der Waals surface area contributed by atoms with Crippen molar-refractivity contribution in [1.82, 2.24) is 15.5 Å². The molecule has 2 N–H and O–H groups in total. The molecule has 0 aromatic carbocycles. The van der Waals surface area contributed by atoms with Crippen LogP contribution in [0.3, 0.4) is 0 Å². The molecule has 128 valence electrons. The number of nitrogens with one attached hydrogen (secondary N) is 2. The molecule has 8 heteroatoms. The highest BCUT2D eigenvalue weighted by Crippen LogP contribution is 2.26. The van der Waals surface area contributed by atoms with Gasteiger partial charge in [-0.25, -0.2) is 0 Å². The number of rotatable bonds is 9. The van der Waals surface area contributed by atoms with E-state index in [0.29, 0.717) is 12.7 Å². The number of hydrogen-bond donors (Lipinski definition) is 2. The van der Waals surface area contributed by atoms with Crippen molar-refractivity contribution in [2.45, 2.75) is 33.1 Å². The van der Waals surface area contributed by atoms with Gasteiger partial charge >= 0.3 is 0 Å². The van der Waals surface area contributed by atoms with Gasteiger partial charge in [-0.1, -0.05) is 13.8 Å². The Labute approximate surface area is 135 Å². The molecule has 1 rings (SSSR count). The van der Waals surface area contributed by atoms with E-state index in [-0.39, 0.29) is 62.0 Å². The Morgan fingerprint density at radius 1 is 1.26 bits per heavy atom. The molecule has 8 nitrogen and oxygen atoms in total. The van der Waals surface area contributed by atoms with Crippen LogP contribution in [0.15, 0.2) is 0 Å². The average molecular weight is 325 g/mol. The van der Waals surface area contributed by atoms with E-state index in [4.69, 9.17) is 0 Å². The number of amides is 4. The van der Waals surface area contributed by atoms with Gasteiger partial charge in [0.25, 0.3) is 0 Å². The van der Waals surface area contributed by atoms with Crippen LogP contribution in [0.25, 0.3) is 0 Å². The predicted molar refractivity (Wildman–Crippen MR) is 81.0 cm³/mol. The zero-order valence-corrected chi connectivity index (χ0v) is 13.5. The number of likely N-dealkylation sites (tertiary alicyclic amines) is 1. The minimum absolute atomic E-state index is 0.0924. The average Bonchev–Trinajstić information content (AvgIpc) is 2.79. The highest BCUT2D eigenvalue weighted by Gasteiger charge is 2.39. The highest BCUT2D eigenvalue weighted by molar-refractivity contribution is 6.03. The summed E-state index contributed by atoms with van der Waals surface area (Å²) in [6.07, 6.45) is 1.25. The van der Waals surface area contributed by atoms with Crippen LogP contribution in [0.5, 0.6) is 0 Å². The van der Waals surface area contributed by atoms with Gasteiger partial charge in [0.1, 0.15) is 6.29 Å². The monoisotopic (exact) mass is 325 g/mol. The van der Waals surface area contributed by atoms with Gasteiger partial charge in [-0.3, -0.25) is 24.1 Å². The minimum Gasteiger partial charge on any atom is -0.348 e. The predicted octanol–water partition coefficient (Wildman–Crippen LogP) is -0.771. The molecule has 0 radical (unpaired) electrons. The Morgan fingerprint density at radius 3 is 2.52 bits per heavy atom. The maximum atomic E-state index is 12.1. The fourth-order valence-corrected chi connectivity index (χ4v) is 2.35. The van der Waals surface area contributed by atoms with Crippen molar-refractivity contribution in [3.8, 4) is 0 Å². The molecule has 0 saturated carbocycles. The second kappa shape index (κ2) is 9.02. The molecule has 1 atom stereocenters. The van der Waals surface area contributed by atoms with Gasteiger partial charge in [-0.15, -0.1) is 0 Å². The Kier molecular flexibility index (Phi) is 7.37. The van der Waals surface area contributed by atoms with Gasteiger partial charge in [-0.05, 0) is 12.3 Å². The lowest BCUT2D eigenvalue weighted by molar-refractivity contribution is -0.140. The van der Waals surface area contributed by atoms with E-state index in [0.717, 1.165) is 0 Å². The molecule has 0 aromatic rings. The molecule has 1 aliphatic rings. The zero-order valence-electron chi connectivity index (χ0n) is 13.5. The highest BCUT2D eigenvalue weighted by atomic mass is 16.2. The first-order valence-electron chi connectivity index (χ1n) is 7.68. The SMILES string of the molecule is CC(C)C1CC(=O)N(CCCC(=O)NCC(=O)NCC=O)C1=O. The van der Waals surface area contributed by atoms with Crippen molar-refractivity contribution in [3.05, 3.63) is 0 Å². The van der Waals surface area contributed by atoms with Crippen molar-refractivity contribution in [3.63, 3.8) is 0 Å². The first-order valence-corrected chi connectivity index (χ1v) is 7.68. The summed E-state index contributed by atoms with van der Waals surface area (Å²) in [7, 11) is 0. The van der Waals surface area contributed by atoms with E-state index in [1.807, 2.05) is 13.8 Å². The molecule has 1 aliphatic heterocycles. The lowest BCUT2D eigenvalue weighted by Crippen LogP contribution is -2.38. The van der Waals surface area contributed by atoms with Crippen molar-refractivity contribution in [2.75, 3.05) is 19.6 Å². The lowest BCUT2D eigenvalue weighted by Gasteiger charge is -2.16. The Bertz CT molecular complexity index is 490. The first-order chi connectivity index (χ1) is 10.9. The Hall–Kier alpha value is -2.25. The van der Waals surface area contributed by atoms with Crippen LogP contribution in [0.1, 0.15) is 33.1 Å². The van der Waals surface area contributed by atoms with E-state index < -0.39 is 5.91 Å². The third-order valence-corrected chi connectivity index (χ3v) is 3.70. The number of hydrogen-bond acceptors (Lipinski definition) is 5. The fourth-order valence-electron chi connectivity index (χ4n) is 2.35. The van der Waals surface area contributed by atoms with Crippen LogP contribution in [-0.2, 0) is 24.0 Å². The van der Waals surface area contributed by atoms with Gasteiger partial charge in [0, 0.05) is 25.3 Å². The number of carbonyl (C=O) groups excluding carboxylic acids is 5. The quantitative estimate of drug-likeness (QED) is 0.427. The molecule has 0 aromatic heterocycles. The van der Waals surface area contributed by atoms with Crippen LogP contribution in [-0.4, -0.2) is 54.4 Å². The van der Waals surface area contributed by atoms with Crippen LogP contribution >= 0.6 is 0 Å². The standard InChI is InChI=1S/C15H23N3O5/c1-10(2)11-8-14(22)18(15(11)23)6-3-4-12(20)17-9-13(21)16-5-7-19/h7,10-11H,3-6,8-9H2,1-2H3,(H,16,21)(H,17,20). The summed E-state index contributed by atoms with van der Waals surface area (Å²) in [5.74, 6) is -1.30. The van der Waals surface area contributed by atoms with Gasteiger partial charge < -0.3 is 15.4 Å². The summed E-state index contributed by atoms with van der Waals surface area (Å²) in [4.78, 5) is 57.9. The van der Waals surface area contributed by atoms with E-state index >= 15 is 0 Å². The minimum atomic E-state index is -0.449. The van der Waals surface area contributed by atoms with E-state index in [1.54, 1.807) is 0 Å². The molecule has 1 heterocycles. The number of imide groups is 1. The topological polar surface area (TPSA) is 113 Å². The van der Waals surface area contributed by atoms with Crippen molar-refractivity contribution in [1.29, 1.82) is 0 Å². The maximum Gasteiger partial charge on any atom is 0.239 e. The van der Waals surface area contributed by atoms with Gasteiger partial charge in [0.05, 0.1) is 13.1 Å². The molecule has 4 amide bonds. The summed E-state index contributed by atoms with van der Waals surface area (Å²) >= 11 is 0.